The normalized spacial score (nSPS) is 10.5. The predicted octanol–water partition coefficient (Wildman–Crippen LogP) is 1.06. The lowest BCUT2D eigenvalue weighted by Crippen LogP contribution is -2.53. The van der Waals surface area contributed by atoms with Crippen LogP contribution in [0.1, 0.15) is 32.8 Å². The Hall–Kier alpha value is -3.30. The van der Waals surface area contributed by atoms with E-state index in [1.165, 1.54) is 0 Å². The number of nitrogens with two attached hydrogens (primary N) is 1. The third kappa shape index (κ3) is 10.00. The van der Waals surface area contributed by atoms with Gasteiger partial charge in [0.15, 0.2) is 0 Å². The van der Waals surface area contributed by atoms with Crippen LogP contribution in [0.25, 0.3) is 0 Å². The van der Waals surface area contributed by atoms with Gasteiger partial charge in [-0.05, 0) is 26.3 Å². The van der Waals surface area contributed by atoms with Crippen LogP contribution in [0, 0.1) is 0 Å². The van der Waals surface area contributed by atoms with Gasteiger partial charge in [-0.25, -0.2) is 20.0 Å². The second kappa shape index (κ2) is 10.8. The predicted molar refractivity (Wildman–Crippen MR) is 99.5 cm³/mol. The molecule has 154 valence electrons. The van der Waals surface area contributed by atoms with Gasteiger partial charge in [0.25, 0.3) is 0 Å². The van der Waals surface area contributed by atoms with Crippen molar-refractivity contribution in [1.29, 1.82) is 0 Å². The molecule has 28 heavy (non-hydrogen) atoms. The summed E-state index contributed by atoms with van der Waals surface area (Å²) in [5.74, 6) is -1.32. The molecule has 0 saturated heterocycles. The Labute approximate surface area is 163 Å². The van der Waals surface area contributed by atoms with E-state index in [1.807, 2.05) is 18.2 Å². The van der Waals surface area contributed by atoms with E-state index in [9.17, 15) is 19.2 Å². The van der Waals surface area contributed by atoms with E-state index in [1.54, 1.807) is 32.9 Å². The zero-order valence-corrected chi connectivity index (χ0v) is 16.2. The number of primary amides is 1. The number of urea groups is 1. The molecule has 4 N–H and O–H groups in total. The molecule has 1 aromatic rings. The molecule has 0 fully saturated rings. The minimum absolute atomic E-state index is 0.0666. The van der Waals surface area contributed by atoms with Crippen LogP contribution in [-0.2, 0) is 25.7 Å². The van der Waals surface area contributed by atoms with Gasteiger partial charge in [-0.3, -0.25) is 9.59 Å². The summed E-state index contributed by atoms with van der Waals surface area (Å²) in [6.45, 7) is 4.42. The van der Waals surface area contributed by atoms with Crippen molar-refractivity contribution in [2.45, 2.75) is 39.4 Å². The Morgan fingerprint density at radius 2 is 1.75 bits per heavy atom. The highest BCUT2D eigenvalue weighted by Gasteiger charge is 2.22. The molecule has 10 heteroatoms. The lowest BCUT2D eigenvalue weighted by atomic mass is 10.2. The number of hydrogen-bond donors (Lipinski definition) is 3. The third-order valence-corrected chi connectivity index (χ3v) is 3.08. The second-order valence-electron chi connectivity index (χ2n) is 6.79. The van der Waals surface area contributed by atoms with Crippen molar-refractivity contribution in [2.75, 3.05) is 13.1 Å². The number of rotatable bonds is 7. The largest absolute Gasteiger partial charge is 0.460 e. The average Bonchev–Trinajstić information content (AvgIpc) is 2.60. The van der Waals surface area contributed by atoms with Gasteiger partial charge in [0.2, 0.25) is 5.91 Å². The lowest BCUT2D eigenvalue weighted by molar-refractivity contribution is -0.143. The molecule has 0 aliphatic heterocycles. The van der Waals surface area contributed by atoms with Gasteiger partial charge in [0.05, 0.1) is 6.54 Å². The first-order chi connectivity index (χ1) is 13.1. The van der Waals surface area contributed by atoms with Gasteiger partial charge < -0.3 is 20.5 Å². The number of benzene rings is 1. The molecule has 0 bridgehead atoms. The van der Waals surface area contributed by atoms with Gasteiger partial charge in [-0.15, -0.1) is 0 Å². The summed E-state index contributed by atoms with van der Waals surface area (Å²) >= 11 is 0. The molecule has 0 aliphatic rings. The lowest BCUT2D eigenvalue weighted by Gasteiger charge is -2.26. The highest BCUT2D eigenvalue weighted by molar-refractivity contribution is 5.83. The fourth-order valence-corrected chi connectivity index (χ4v) is 1.87. The summed E-state index contributed by atoms with van der Waals surface area (Å²) in [6.07, 6.45) is -1.08. The van der Waals surface area contributed by atoms with Gasteiger partial charge in [-0.2, -0.15) is 0 Å². The molecule has 0 heterocycles. The Morgan fingerprint density at radius 3 is 2.32 bits per heavy atom. The molecule has 0 unspecified atom stereocenters. The van der Waals surface area contributed by atoms with E-state index in [-0.39, 0.29) is 19.6 Å². The van der Waals surface area contributed by atoms with Crippen molar-refractivity contribution < 1.29 is 28.7 Å². The van der Waals surface area contributed by atoms with Crippen LogP contribution in [0.15, 0.2) is 30.3 Å². The molecule has 0 atom stereocenters. The minimum atomic E-state index is -0.890. The maximum atomic E-state index is 12.2. The molecule has 0 aliphatic carbocycles. The number of nitrogens with one attached hydrogen (secondary N) is 2. The van der Waals surface area contributed by atoms with Crippen LogP contribution in [0.5, 0.6) is 0 Å². The molecule has 0 aromatic heterocycles. The van der Waals surface area contributed by atoms with E-state index in [0.29, 0.717) is 0 Å². The minimum Gasteiger partial charge on any atom is -0.460 e. The Kier molecular flexibility index (Phi) is 8.73. The van der Waals surface area contributed by atoms with Crippen LogP contribution < -0.4 is 16.5 Å². The number of carbonyl (C=O) groups is 4. The molecule has 0 saturated carbocycles. The third-order valence-electron chi connectivity index (χ3n) is 3.08. The van der Waals surface area contributed by atoms with E-state index in [4.69, 9.17) is 15.2 Å². The Bertz CT molecular complexity index is 687. The SMILES string of the molecule is CC(C)(C)OC(=O)NN(CCC(N)=O)C(=O)NCC(=O)OCc1ccccc1. The van der Waals surface area contributed by atoms with Crippen molar-refractivity contribution in [3.05, 3.63) is 35.9 Å². The van der Waals surface area contributed by atoms with Crippen LogP contribution >= 0.6 is 0 Å². The second-order valence-corrected chi connectivity index (χ2v) is 6.79. The Morgan fingerprint density at radius 1 is 1.11 bits per heavy atom. The first-order valence-electron chi connectivity index (χ1n) is 8.59. The van der Waals surface area contributed by atoms with Crippen molar-refractivity contribution in [3.63, 3.8) is 0 Å². The topological polar surface area (TPSA) is 140 Å². The highest BCUT2D eigenvalue weighted by atomic mass is 16.6. The molecule has 1 aromatic carbocycles. The van der Waals surface area contributed by atoms with E-state index >= 15 is 0 Å². The fourth-order valence-electron chi connectivity index (χ4n) is 1.87. The number of amides is 4. The molecule has 10 nitrogen and oxygen atoms in total. The van der Waals surface area contributed by atoms with Crippen molar-refractivity contribution in [1.82, 2.24) is 15.8 Å². The molecule has 4 amide bonds. The van der Waals surface area contributed by atoms with Crippen LogP contribution in [0.3, 0.4) is 0 Å². The maximum absolute atomic E-state index is 12.2. The van der Waals surface area contributed by atoms with Crippen molar-refractivity contribution >= 4 is 24.0 Å². The molecular weight excluding hydrogens is 368 g/mol. The number of hydrazine groups is 1. The van der Waals surface area contributed by atoms with Crippen molar-refractivity contribution in [3.8, 4) is 0 Å². The first-order valence-corrected chi connectivity index (χ1v) is 8.59. The summed E-state index contributed by atoms with van der Waals surface area (Å²) in [5, 5.41) is 3.11. The highest BCUT2D eigenvalue weighted by Crippen LogP contribution is 2.07. The number of esters is 1. The standard InChI is InChI=1S/C18H26N4O6/c1-18(2,3)28-17(26)21-22(10-9-14(19)23)16(25)20-11-15(24)27-12-13-7-5-4-6-8-13/h4-8H,9-12H2,1-3H3,(H2,19,23)(H,20,25)(H,21,26). The summed E-state index contributed by atoms with van der Waals surface area (Å²) in [6, 6.07) is 8.23. The van der Waals surface area contributed by atoms with Gasteiger partial charge in [0.1, 0.15) is 18.8 Å². The van der Waals surface area contributed by atoms with Gasteiger partial charge in [-0.1, -0.05) is 30.3 Å². The smallest absolute Gasteiger partial charge is 0.426 e. The molecule has 0 radical (unpaired) electrons. The summed E-state index contributed by atoms with van der Waals surface area (Å²) in [7, 11) is 0. The van der Waals surface area contributed by atoms with Crippen LogP contribution in [0.4, 0.5) is 9.59 Å². The van der Waals surface area contributed by atoms with Gasteiger partial charge >= 0.3 is 18.1 Å². The zero-order valence-electron chi connectivity index (χ0n) is 16.2. The monoisotopic (exact) mass is 394 g/mol. The zero-order chi connectivity index (χ0) is 21.2. The maximum Gasteiger partial charge on any atom is 0.426 e. The summed E-state index contributed by atoms with van der Waals surface area (Å²) in [5.41, 5.74) is 7.31. The molecular formula is C18H26N4O6. The van der Waals surface area contributed by atoms with E-state index in [2.05, 4.69) is 10.7 Å². The number of carbonyl (C=O) groups excluding carboxylic acids is 4. The molecule has 0 spiro atoms. The number of ether oxygens (including phenoxy) is 2. The number of nitrogens with zero attached hydrogens (tertiary/aromatic N) is 1. The first kappa shape index (κ1) is 22.7. The quantitative estimate of drug-likeness (QED) is 0.466. The van der Waals surface area contributed by atoms with E-state index in [0.717, 1.165) is 10.6 Å². The Balaban J connectivity index is 2.53. The fraction of sp³-hybridized carbons (Fsp3) is 0.444. The number of hydrogen-bond acceptors (Lipinski definition) is 6. The van der Waals surface area contributed by atoms with Crippen LogP contribution in [-0.4, -0.2) is 47.7 Å². The molecule has 1 rings (SSSR count). The van der Waals surface area contributed by atoms with Gasteiger partial charge in [0, 0.05) is 6.42 Å². The van der Waals surface area contributed by atoms with E-state index < -0.39 is 36.1 Å². The summed E-state index contributed by atoms with van der Waals surface area (Å²) in [4.78, 5) is 46.8. The average molecular weight is 394 g/mol. The van der Waals surface area contributed by atoms with Crippen molar-refractivity contribution in [2.24, 2.45) is 5.73 Å². The van der Waals surface area contributed by atoms with Crippen LogP contribution in [0.2, 0.25) is 0 Å². The summed E-state index contributed by atoms with van der Waals surface area (Å²) < 4.78 is 10.1.